The van der Waals surface area contributed by atoms with Crippen LogP contribution in [-0.2, 0) is 18.0 Å². The van der Waals surface area contributed by atoms with E-state index in [0.29, 0.717) is 29.5 Å². The standard InChI is InChI=1S/C37H36F2N2O4/c1-36(2,3)45-35(42)41-22-20-37(39,21-23-41)19-18-29-14-15-30(24-32(29)38)31-16-17-33(43-25-27-10-6-4-7-11-27)40-34(31)44-26-28-12-8-5-9-13-28/h4-17,24H,20-23,25-26H2,1-3H3. The van der Waals surface area contributed by atoms with Gasteiger partial charge in [0.05, 0.1) is 5.56 Å². The van der Waals surface area contributed by atoms with Crippen molar-refractivity contribution in [3.8, 4) is 34.7 Å². The number of amides is 1. The molecule has 0 unspecified atom stereocenters. The predicted molar refractivity (Wildman–Crippen MR) is 169 cm³/mol. The van der Waals surface area contributed by atoms with Crippen molar-refractivity contribution in [2.45, 2.75) is 58.1 Å². The van der Waals surface area contributed by atoms with E-state index in [4.69, 9.17) is 14.2 Å². The van der Waals surface area contributed by atoms with Gasteiger partial charge in [0, 0.05) is 37.6 Å². The maximum absolute atomic E-state index is 15.5. The lowest BCUT2D eigenvalue weighted by molar-refractivity contribution is 0.0117. The van der Waals surface area contributed by atoms with Gasteiger partial charge in [-0.2, -0.15) is 4.98 Å². The minimum absolute atomic E-state index is 0.0193. The summed E-state index contributed by atoms with van der Waals surface area (Å²) in [5.41, 5.74) is 0.673. The van der Waals surface area contributed by atoms with Crippen LogP contribution in [0.2, 0.25) is 0 Å². The third kappa shape index (κ3) is 8.82. The number of rotatable bonds is 7. The molecular weight excluding hydrogens is 574 g/mol. The number of hydrogen-bond acceptors (Lipinski definition) is 5. The molecule has 0 atom stereocenters. The number of alkyl halides is 1. The molecule has 45 heavy (non-hydrogen) atoms. The Kier molecular flexibility index (Phi) is 9.68. The van der Waals surface area contributed by atoms with E-state index in [2.05, 4.69) is 16.8 Å². The van der Waals surface area contributed by atoms with Crippen LogP contribution < -0.4 is 9.47 Å². The van der Waals surface area contributed by atoms with Crippen molar-refractivity contribution in [2.24, 2.45) is 0 Å². The first-order valence-corrected chi connectivity index (χ1v) is 14.9. The number of halogens is 2. The molecular formula is C37H36F2N2O4. The lowest BCUT2D eigenvalue weighted by Gasteiger charge is -2.34. The van der Waals surface area contributed by atoms with Crippen molar-refractivity contribution < 1.29 is 27.8 Å². The lowest BCUT2D eigenvalue weighted by Crippen LogP contribution is -2.45. The molecule has 0 N–H and O–H groups in total. The Morgan fingerprint density at radius 1 is 0.889 bits per heavy atom. The molecule has 4 aromatic rings. The first-order chi connectivity index (χ1) is 21.6. The van der Waals surface area contributed by atoms with Gasteiger partial charge in [-0.3, -0.25) is 0 Å². The highest BCUT2D eigenvalue weighted by Gasteiger charge is 2.36. The zero-order chi connectivity index (χ0) is 31.9. The van der Waals surface area contributed by atoms with E-state index in [-0.39, 0.29) is 38.1 Å². The summed E-state index contributed by atoms with van der Waals surface area (Å²) in [6.07, 6.45) is -0.437. The summed E-state index contributed by atoms with van der Waals surface area (Å²) in [4.78, 5) is 18.4. The number of nitrogens with zero attached hydrogens (tertiary/aromatic N) is 2. The van der Waals surface area contributed by atoms with E-state index in [9.17, 15) is 4.79 Å². The number of carbonyl (C=O) groups is 1. The van der Waals surface area contributed by atoms with Gasteiger partial charge in [0.2, 0.25) is 11.8 Å². The zero-order valence-corrected chi connectivity index (χ0v) is 25.7. The summed E-state index contributed by atoms with van der Waals surface area (Å²) in [5.74, 6) is 5.38. The van der Waals surface area contributed by atoms with Crippen LogP contribution in [0.3, 0.4) is 0 Å². The number of benzene rings is 3. The SMILES string of the molecule is CC(C)(C)OC(=O)N1CCC(F)(C#Cc2ccc(-c3ccc(OCc4ccccc4)nc3OCc3ccccc3)cc2F)CC1. The van der Waals surface area contributed by atoms with Gasteiger partial charge < -0.3 is 19.1 Å². The normalized spacial score (nSPS) is 14.2. The topological polar surface area (TPSA) is 60.9 Å². The highest BCUT2D eigenvalue weighted by Crippen LogP contribution is 2.33. The molecule has 3 aromatic carbocycles. The van der Waals surface area contributed by atoms with Crippen LogP contribution in [0.4, 0.5) is 13.6 Å². The first-order valence-electron chi connectivity index (χ1n) is 14.9. The zero-order valence-electron chi connectivity index (χ0n) is 25.7. The number of hydrogen-bond donors (Lipinski definition) is 0. The Labute approximate surface area is 263 Å². The van der Waals surface area contributed by atoms with Crippen LogP contribution in [0.15, 0.2) is 91.0 Å². The molecule has 0 bridgehead atoms. The molecule has 232 valence electrons. The maximum atomic E-state index is 15.5. The molecule has 6 nitrogen and oxygen atoms in total. The predicted octanol–water partition coefficient (Wildman–Crippen LogP) is 8.14. The molecule has 1 amide bonds. The second kappa shape index (κ2) is 13.8. The molecule has 0 saturated carbocycles. The van der Waals surface area contributed by atoms with E-state index in [0.717, 1.165) is 11.1 Å². The molecule has 1 fully saturated rings. The fourth-order valence-electron chi connectivity index (χ4n) is 4.75. The summed E-state index contributed by atoms with van der Waals surface area (Å²) in [6, 6.07) is 27.5. The highest BCUT2D eigenvalue weighted by atomic mass is 19.1. The molecule has 1 saturated heterocycles. The minimum atomic E-state index is -1.83. The average Bonchev–Trinajstić information content (AvgIpc) is 3.03. The number of ether oxygens (including phenoxy) is 3. The average molecular weight is 611 g/mol. The van der Waals surface area contributed by atoms with Gasteiger partial charge in [-0.1, -0.05) is 78.6 Å². The summed E-state index contributed by atoms with van der Waals surface area (Å²) in [6.45, 7) is 6.29. The Balaban J connectivity index is 1.31. The van der Waals surface area contributed by atoms with E-state index in [1.54, 1.807) is 39.0 Å². The van der Waals surface area contributed by atoms with Crippen LogP contribution in [0.5, 0.6) is 11.8 Å². The molecule has 0 spiro atoms. The van der Waals surface area contributed by atoms with Crippen molar-refractivity contribution in [3.05, 3.63) is 114 Å². The summed E-state index contributed by atoms with van der Waals surface area (Å²) >= 11 is 0. The van der Waals surface area contributed by atoms with Gasteiger partial charge in [0.25, 0.3) is 0 Å². The number of carbonyl (C=O) groups excluding carboxylic acids is 1. The minimum Gasteiger partial charge on any atom is -0.473 e. The molecule has 0 aliphatic carbocycles. The monoisotopic (exact) mass is 610 g/mol. The second-order valence-corrected chi connectivity index (χ2v) is 11.9. The van der Waals surface area contributed by atoms with Crippen LogP contribution in [0.1, 0.15) is 50.3 Å². The largest absolute Gasteiger partial charge is 0.473 e. The van der Waals surface area contributed by atoms with E-state index >= 15 is 8.78 Å². The summed E-state index contributed by atoms with van der Waals surface area (Å²) in [5, 5.41) is 0. The molecule has 1 aliphatic rings. The van der Waals surface area contributed by atoms with Gasteiger partial charge >= 0.3 is 6.09 Å². The van der Waals surface area contributed by atoms with Crippen LogP contribution in [0.25, 0.3) is 11.1 Å². The summed E-state index contributed by atoms with van der Waals surface area (Å²) in [7, 11) is 0. The van der Waals surface area contributed by atoms with Crippen molar-refractivity contribution >= 4 is 6.09 Å². The molecule has 1 aromatic heterocycles. The maximum Gasteiger partial charge on any atom is 0.410 e. The Morgan fingerprint density at radius 2 is 1.51 bits per heavy atom. The second-order valence-electron chi connectivity index (χ2n) is 11.9. The number of aromatic nitrogens is 1. The van der Waals surface area contributed by atoms with Gasteiger partial charge in [0.1, 0.15) is 24.6 Å². The Morgan fingerprint density at radius 3 is 2.11 bits per heavy atom. The van der Waals surface area contributed by atoms with Crippen molar-refractivity contribution in [2.75, 3.05) is 13.1 Å². The molecule has 1 aliphatic heterocycles. The number of likely N-dealkylation sites (tertiary alicyclic amines) is 1. The fourth-order valence-corrected chi connectivity index (χ4v) is 4.75. The third-order valence-corrected chi connectivity index (χ3v) is 7.19. The smallest absolute Gasteiger partial charge is 0.410 e. The van der Waals surface area contributed by atoms with Gasteiger partial charge in [-0.25, -0.2) is 13.6 Å². The third-order valence-electron chi connectivity index (χ3n) is 7.19. The van der Waals surface area contributed by atoms with Crippen molar-refractivity contribution in [3.63, 3.8) is 0 Å². The molecule has 2 heterocycles. The van der Waals surface area contributed by atoms with Gasteiger partial charge in [-0.15, -0.1) is 0 Å². The van der Waals surface area contributed by atoms with Crippen LogP contribution in [0, 0.1) is 17.7 Å². The molecule has 8 heteroatoms. The Bertz CT molecular complexity index is 1670. The highest BCUT2D eigenvalue weighted by molar-refractivity contribution is 5.70. The van der Waals surface area contributed by atoms with Crippen LogP contribution in [-0.4, -0.2) is 40.3 Å². The molecule has 0 radical (unpaired) electrons. The summed E-state index contributed by atoms with van der Waals surface area (Å²) < 4.78 is 48.2. The lowest BCUT2D eigenvalue weighted by atomic mass is 9.93. The molecule has 5 rings (SSSR count). The fraction of sp³-hybridized carbons (Fsp3) is 0.297. The van der Waals surface area contributed by atoms with E-state index < -0.39 is 23.2 Å². The van der Waals surface area contributed by atoms with E-state index in [1.807, 2.05) is 60.7 Å². The first kappa shape index (κ1) is 31.5. The van der Waals surface area contributed by atoms with Crippen molar-refractivity contribution in [1.82, 2.24) is 9.88 Å². The number of pyridine rings is 1. The number of piperidine rings is 1. The van der Waals surface area contributed by atoms with Crippen molar-refractivity contribution in [1.29, 1.82) is 0 Å². The Hall–Kier alpha value is -4.90. The van der Waals surface area contributed by atoms with Gasteiger partial charge in [0.15, 0.2) is 5.67 Å². The van der Waals surface area contributed by atoms with Crippen LogP contribution >= 0.6 is 0 Å². The quantitative estimate of drug-likeness (QED) is 0.198. The van der Waals surface area contributed by atoms with E-state index in [1.165, 1.54) is 17.0 Å². The van der Waals surface area contributed by atoms with Gasteiger partial charge in [-0.05, 0) is 55.7 Å².